The molecule has 2 amide bonds. The van der Waals surface area contributed by atoms with E-state index in [-0.39, 0.29) is 18.4 Å². The Bertz CT molecular complexity index is 1140. The van der Waals surface area contributed by atoms with E-state index in [4.69, 9.17) is 0 Å². The van der Waals surface area contributed by atoms with E-state index in [9.17, 15) is 9.59 Å². The molecule has 1 atom stereocenters. The first-order valence-electron chi connectivity index (χ1n) is 10.1. The van der Waals surface area contributed by atoms with Crippen LogP contribution in [0.4, 0.5) is 11.4 Å². The summed E-state index contributed by atoms with van der Waals surface area (Å²) in [5, 5.41) is 0. The normalized spacial score (nSPS) is 17.3. The highest BCUT2D eigenvalue weighted by Crippen LogP contribution is 2.31. The predicted octanol–water partition coefficient (Wildman–Crippen LogP) is 5.61. The van der Waals surface area contributed by atoms with Crippen molar-refractivity contribution in [3.63, 3.8) is 0 Å². The van der Waals surface area contributed by atoms with Gasteiger partial charge in [0.05, 0.1) is 0 Å². The van der Waals surface area contributed by atoms with Gasteiger partial charge in [-0.25, -0.2) is 0 Å². The van der Waals surface area contributed by atoms with E-state index in [1.165, 1.54) is 0 Å². The Balaban J connectivity index is 1.81. The number of anilines is 2. The maximum absolute atomic E-state index is 13.8. The van der Waals surface area contributed by atoms with Gasteiger partial charge in [-0.3, -0.25) is 14.5 Å². The molecule has 1 heterocycles. The molecule has 4 rings (SSSR count). The third-order valence-electron chi connectivity index (χ3n) is 5.46. The van der Waals surface area contributed by atoms with Crippen molar-refractivity contribution in [3.05, 3.63) is 100 Å². The van der Waals surface area contributed by atoms with E-state index in [1.807, 2.05) is 98.8 Å². The van der Waals surface area contributed by atoms with Crippen LogP contribution in [0.2, 0.25) is 0 Å². The zero-order valence-corrected chi connectivity index (χ0v) is 19.0. The lowest BCUT2D eigenvalue weighted by Crippen LogP contribution is -2.61. The minimum Gasteiger partial charge on any atom is -0.301 e. The lowest BCUT2D eigenvalue weighted by molar-refractivity contribution is -0.127. The van der Waals surface area contributed by atoms with Gasteiger partial charge in [-0.2, -0.15) is 0 Å². The standard InChI is InChI=1S/C26H23BrN2O2/c1-18-8-6-7-11-23(18)28-17-24(30)29(22-14-12-21(27)13-15-22)25(26(28)31)19(2)16-20-9-4-3-5-10-20/h3-16,25H,17H2,1-2H3/b19-16-/t25-/m1/s1. The van der Waals surface area contributed by atoms with Gasteiger partial charge in [0.1, 0.15) is 12.6 Å². The van der Waals surface area contributed by atoms with E-state index in [0.717, 1.165) is 26.9 Å². The minimum absolute atomic E-state index is 0.00880. The maximum Gasteiger partial charge on any atom is 0.254 e. The molecule has 5 heteroatoms. The first-order valence-corrected chi connectivity index (χ1v) is 10.9. The molecule has 156 valence electrons. The van der Waals surface area contributed by atoms with E-state index in [2.05, 4.69) is 15.9 Å². The van der Waals surface area contributed by atoms with Gasteiger partial charge in [-0.05, 0) is 60.9 Å². The molecule has 0 bridgehead atoms. The van der Waals surface area contributed by atoms with Crippen LogP contribution in [0.3, 0.4) is 0 Å². The second-order valence-electron chi connectivity index (χ2n) is 7.65. The number of carbonyl (C=O) groups excluding carboxylic acids is 2. The Kier molecular flexibility index (Phi) is 6.05. The summed E-state index contributed by atoms with van der Waals surface area (Å²) in [6.45, 7) is 3.88. The monoisotopic (exact) mass is 474 g/mol. The van der Waals surface area contributed by atoms with Gasteiger partial charge >= 0.3 is 0 Å². The molecule has 0 radical (unpaired) electrons. The van der Waals surface area contributed by atoms with E-state index >= 15 is 0 Å². The molecular weight excluding hydrogens is 452 g/mol. The molecule has 1 saturated heterocycles. The summed E-state index contributed by atoms with van der Waals surface area (Å²) in [7, 11) is 0. The first-order chi connectivity index (χ1) is 15.0. The lowest BCUT2D eigenvalue weighted by Gasteiger charge is -2.41. The predicted molar refractivity (Wildman–Crippen MR) is 129 cm³/mol. The smallest absolute Gasteiger partial charge is 0.254 e. The van der Waals surface area contributed by atoms with Crippen molar-refractivity contribution in [2.75, 3.05) is 16.3 Å². The highest BCUT2D eigenvalue weighted by Gasteiger charge is 2.42. The second kappa shape index (κ2) is 8.90. The van der Waals surface area contributed by atoms with Crippen LogP contribution in [0.5, 0.6) is 0 Å². The molecule has 1 aliphatic heterocycles. The molecule has 0 aromatic heterocycles. The van der Waals surface area contributed by atoms with Crippen molar-refractivity contribution in [3.8, 4) is 0 Å². The topological polar surface area (TPSA) is 40.6 Å². The molecule has 0 unspecified atom stereocenters. The third-order valence-corrected chi connectivity index (χ3v) is 5.99. The van der Waals surface area contributed by atoms with E-state index < -0.39 is 6.04 Å². The van der Waals surface area contributed by atoms with Gasteiger partial charge in [0, 0.05) is 15.8 Å². The number of benzene rings is 3. The molecule has 3 aromatic rings. The molecule has 0 saturated carbocycles. The van der Waals surface area contributed by atoms with Crippen molar-refractivity contribution >= 4 is 45.2 Å². The number of nitrogens with zero attached hydrogens (tertiary/aromatic N) is 2. The van der Waals surface area contributed by atoms with Gasteiger partial charge in [0.2, 0.25) is 5.91 Å². The second-order valence-corrected chi connectivity index (χ2v) is 8.57. The van der Waals surface area contributed by atoms with Crippen molar-refractivity contribution in [2.24, 2.45) is 0 Å². The summed E-state index contributed by atoms with van der Waals surface area (Å²) < 4.78 is 0.918. The number of hydrogen-bond acceptors (Lipinski definition) is 2. The number of aryl methyl sites for hydroxylation is 1. The fourth-order valence-electron chi connectivity index (χ4n) is 3.95. The number of rotatable bonds is 4. The summed E-state index contributed by atoms with van der Waals surface area (Å²) >= 11 is 3.44. The molecule has 0 aliphatic carbocycles. The fourth-order valence-corrected chi connectivity index (χ4v) is 4.21. The van der Waals surface area contributed by atoms with E-state index in [1.54, 1.807) is 9.80 Å². The Morgan fingerprint density at radius 1 is 0.935 bits per heavy atom. The molecule has 0 spiro atoms. The van der Waals surface area contributed by atoms with Crippen LogP contribution in [0.1, 0.15) is 18.1 Å². The lowest BCUT2D eigenvalue weighted by atomic mass is 9.98. The first kappa shape index (κ1) is 21.1. The fraction of sp³-hybridized carbons (Fsp3) is 0.154. The number of piperazine rings is 1. The molecule has 3 aromatic carbocycles. The van der Waals surface area contributed by atoms with Crippen LogP contribution in [-0.4, -0.2) is 24.4 Å². The van der Waals surface area contributed by atoms with Crippen LogP contribution in [-0.2, 0) is 9.59 Å². The number of hydrogen-bond donors (Lipinski definition) is 0. The summed E-state index contributed by atoms with van der Waals surface area (Å²) in [5.74, 6) is -0.225. The van der Waals surface area contributed by atoms with Crippen LogP contribution < -0.4 is 9.80 Å². The maximum atomic E-state index is 13.8. The summed E-state index contributed by atoms with van der Waals surface area (Å²) in [4.78, 5) is 30.4. The largest absolute Gasteiger partial charge is 0.301 e. The van der Waals surface area contributed by atoms with Crippen LogP contribution in [0, 0.1) is 6.92 Å². The SMILES string of the molecule is C/C(=C/c1ccccc1)[C@@H]1C(=O)N(c2ccccc2C)CC(=O)N1c1ccc(Br)cc1. The van der Waals surface area contributed by atoms with Crippen LogP contribution >= 0.6 is 15.9 Å². The third kappa shape index (κ3) is 4.32. The summed E-state index contributed by atoms with van der Waals surface area (Å²) in [6, 6.07) is 24.3. The molecule has 1 aliphatic rings. The van der Waals surface area contributed by atoms with Crippen LogP contribution in [0.25, 0.3) is 6.08 Å². The van der Waals surface area contributed by atoms with Crippen molar-refractivity contribution in [1.82, 2.24) is 0 Å². The Labute approximate surface area is 190 Å². The van der Waals surface area contributed by atoms with Crippen molar-refractivity contribution in [2.45, 2.75) is 19.9 Å². The zero-order valence-electron chi connectivity index (χ0n) is 17.5. The molecule has 1 fully saturated rings. The van der Waals surface area contributed by atoms with E-state index in [0.29, 0.717) is 5.69 Å². The summed E-state index contributed by atoms with van der Waals surface area (Å²) in [6.07, 6.45) is 1.98. The molecule has 0 N–H and O–H groups in total. The highest BCUT2D eigenvalue weighted by molar-refractivity contribution is 9.10. The average molecular weight is 475 g/mol. The van der Waals surface area contributed by atoms with Gasteiger partial charge in [-0.15, -0.1) is 0 Å². The Morgan fingerprint density at radius 2 is 1.58 bits per heavy atom. The van der Waals surface area contributed by atoms with Crippen molar-refractivity contribution < 1.29 is 9.59 Å². The van der Waals surface area contributed by atoms with Crippen LogP contribution in [0.15, 0.2) is 88.9 Å². The quantitative estimate of drug-likeness (QED) is 0.492. The van der Waals surface area contributed by atoms with Crippen molar-refractivity contribution in [1.29, 1.82) is 0 Å². The Morgan fingerprint density at radius 3 is 2.26 bits per heavy atom. The number of carbonyl (C=O) groups is 2. The molecular formula is C26H23BrN2O2. The number of para-hydroxylation sites is 1. The summed E-state index contributed by atoms with van der Waals surface area (Å²) in [5.41, 5.74) is 4.24. The zero-order chi connectivity index (χ0) is 22.0. The molecule has 4 nitrogen and oxygen atoms in total. The van der Waals surface area contributed by atoms with Gasteiger partial charge < -0.3 is 4.90 Å². The number of halogens is 1. The average Bonchev–Trinajstić information content (AvgIpc) is 2.77. The molecule has 31 heavy (non-hydrogen) atoms. The highest BCUT2D eigenvalue weighted by atomic mass is 79.9. The minimum atomic E-state index is -0.720. The number of amides is 2. The van der Waals surface area contributed by atoms with Gasteiger partial charge in [0.15, 0.2) is 0 Å². The Hall–Kier alpha value is -3.18. The van der Waals surface area contributed by atoms with Gasteiger partial charge in [0.25, 0.3) is 5.91 Å². The van der Waals surface area contributed by atoms with Gasteiger partial charge in [-0.1, -0.05) is 70.5 Å².